The van der Waals surface area contributed by atoms with Crippen LogP contribution in [0.2, 0.25) is 0 Å². The van der Waals surface area contributed by atoms with Gasteiger partial charge in [-0.3, -0.25) is 14.4 Å². The van der Waals surface area contributed by atoms with Crippen LogP contribution in [0.15, 0.2) is 0 Å². The number of aliphatic hydroxyl groups excluding tert-OH is 1. The molecule has 8 heteroatoms. The van der Waals surface area contributed by atoms with Gasteiger partial charge in [-0.1, -0.05) is 19.3 Å². The number of piperidine rings is 1. The Bertz CT molecular complexity index is 544. The molecule has 1 unspecified atom stereocenters. The summed E-state index contributed by atoms with van der Waals surface area (Å²) in [4.78, 5) is 37.1. The van der Waals surface area contributed by atoms with E-state index in [0.29, 0.717) is 13.0 Å². The number of carbonyl (C=O) groups is 3. The zero-order valence-electron chi connectivity index (χ0n) is 15.8. The second-order valence-corrected chi connectivity index (χ2v) is 8.06. The van der Waals surface area contributed by atoms with E-state index in [-0.39, 0.29) is 36.2 Å². The third-order valence-electron chi connectivity index (χ3n) is 6.01. The van der Waals surface area contributed by atoms with E-state index in [1.54, 1.807) is 0 Å². The van der Waals surface area contributed by atoms with Crippen LogP contribution in [0.25, 0.3) is 0 Å². The molecule has 0 bridgehead atoms. The number of hydrogen-bond donors (Lipinski definition) is 5. The first-order valence-electron chi connectivity index (χ1n) is 10.3. The van der Waals surface area contributed by atoms with E-state index in [4.69, 9.17) is 0 Å². The van der Waals surface area contributed by atoms with E-state index >= 15 is 0 Å². The lowest BCUT2D eigenvalue weighted by molar-refractivity contribution is -0.134. The summed E-state index contributed by atoms with van der Waals surface area (Å²) in [5.74, 6) is -1.02. The van der Waals surface area contributed by atoms with E-state index in [1.807, 2.05) is 0 Å². The standard InChI is InChI=1S/C19H32N4O4/c24-16(19(27)22-13-5-1-2-6-13)15(11-12-8-10-21-17(12)25)23-18(26)14-7-3-4-9-20-14/h12-16,20,24H,1-11H2,(H,21,25)(H,22,27)(H,23,26)/t12-,14-,15-,16?/m0/s1. The van der Waals surface area contributed by atoms with Gasteiger partial charge >= 0.3 is 0 Å². The highest BCUT2D eigenvalue weighted by Gasteiger charge is 2.36. The summed E-state index contributed by atoms with van der Waals surface area (Å²) in [7, 11) is 0. The van der Waals surface area contributed by atoms with Crippen molar-refractivity contribution in [2.24, 2.45) is 5.92 Å². The second kappa shape index (κ2) is 9.50. The van der Waals surface area contributed by atoms with Gasteiger partial charge in [0.1, 0.15) is 0 Å². The Morgan fingerprint density at radius 3 is 2.44 bits per heavy atom. The average Bonchev–Trinajstić information content (AvgIpc) is 3.33. The van der Waals surface area contributed by atoms with Gasteiger partial charge in [-0.15, -0.1) is 0 Å². The Labute approximate surface area is 160 Å². The monoisotopic (exact) mass is 380 g/mol. The topological polar surface area (TPSA) is 120 Å². The van der Waals surface area contributed by atoms with Crippen LogP contribution in [0.4, 0.5) is 0 Å². The fraction of sp³-hybridized carbons (Fsp3) is 0.842. The van der Waals surface area contributed by atoms with Gasteiger partial charge in [-0.25, -0.2) is 0 Å². The Morgan fingerprint density at radius 2 is 1.81 bits per heavy atom. The maximum absolute atomic E-state index is 12.6. The molecule has 5 N–H and O–H groups in total. The molecule has 2 heterocycles. The van der Waals surface area contributed by atoms with Gasteiger partial charge in [0, 0.05) is 18.5 Å². The zero-order valence-corrected chi connectivity index (χ0v) is 15.8. The molecule has 3 fully saturated rings. The molecule has 2 aliphatic heterocycles. The lowest BCUT2D eigenvalue weighted by atomic mass is 9.93. The van der Waals surface area contributed by atoms with Gasteiger partial charge < -0.3 is 26.4 Å². The summed E-state index contributed by atoms with van der Waals surface area (Å²) < 4.78 is 0. The van der Waals surface area contributed by atoms with E-state index in [1.165, 1.54) is 0 Å². The molecular formula is C19H32N4O4. The van der Waals surface area contributed by atoms with Gasteiger partial charge in [0.25, 0.3) is 5.91 Å². The van der Waals surface area contributed by atoms with Crippen LogP contribution in [-0.4, -0.2) is 60.1 Å². The number of carbonyl (C=O) groups excluding carboxylic acids is 3. The van der Waals surface area contributed by atoms with Crippen LogP contribution in [0.5, 0.6) is 0 Å². The first-order valence-corrected chi connectivity index (χ1v) is 10.3. The van der Waals surface area contributed by atoms with E-state index in [9.17, 15) is 19.5 Å². The smallest absolute Gasteiger partial charge is 0.251 e. The summed E-state index contributed by atoms with van der Waals surface area (Å²) in [6.07, 6.45) is 6.34. The highest BCUT2D eigenvalue weighted by atomic mass is 16.3. The van der Waals surface area contributed by atoms with Gasteiger partial charge in [0.2, 0.25) is 11.8 Å². The highest BCUT2D eigenvalue weighted by Crippen LogP contribution is 2.20. The van der Waals surface area contributed by atoms with Crippen molar-refractivity contribution < 1.29 is 19.5 Å². The van der Waals surface area contributed by atoms with E-state index in [2.05, 4.69) is 21.3 Å². The quantitative estimate of drug-likeness (QED) is 0.410. The van der Waals surface area contributed by atoms with Crippen LogP contribution in [0.3, 0.4) is 0 Å². The largest absolute Gasteiger partial charge is 0.381 e. The van der Waals surface area contributed by atoms with Crippen LogP contribution in [0, 0.1) is 5.92 Å². The minimum atomic E-state index is -1.36. The minimum Gasteiger partial charge on any atom is -0.381 e. The van der Waals surface area contributed by atoms with E-state index < -0.39 is 18.1 Å². The van der Waals surface area contributed by atoms with Crippen LogP contribution in [-0.2, 0) is 14.4 Å². The molecule has 152 valence electrons. The fourth-order valence-electron chi connectivity index (χ4n) is 4.34. The van der Waals surface area contributed by atoms with Gasteiger partial charge in [-0.05, 0) is 45.1 Å². The lowest BCUT2D eigenvalue weighted by Crippen LogP contribution is -2.56. The molecule has 0 aromatic heterocycles. The minimum absolute atomic E-state index is 0.0755. The summed E-state index contributed by atoms with van der Waals surface area (Å²) in [5.41, 5.74) is 0. The summed E-state index contributed by atoms with van der Waals surface area (Å²) >= 11 is 0. The SMILES string of the molecule is O=C(NC1CCCC1)C(O)[C@H](C[C@@H]1CCNC1=O)NC(=O)[C@@H]1CCCCN1. The fourth-order valence-corrected chi connectivity index (χ4v) is 4.34. The Kier molecular flexibility index (Phi) is 7.07. The van der Waals surface area contributed by atoms with Crippen molar-refractivity contribution in [2.75, 3.05) is 13.1 Å². The van der Waals surface area contributed by atoms with Crippen molar-refractivity contribution in [1.82, 2.24) is 21.3 Å². The third kappa shape index (κ3) is 5.42. The Morgan fingerprint density at radius 1 is 1.07 bits per heavy atom. The number of rotatable bonds is 7. The van der Waals surface area contributed by atoms with Crippen molar-refractivity contribution in [3.63, 3.8) is 0 Å². The number of hydrogen-bond acceptors (Lipinski definition) is 5. The predicted octanol–water partition coefficient (Wildman–Crippen LogP) is -0.441. The Hall–Kier alpha value is -1.67. The first kappa shape index (κ1) is 20.1. The number of amides is 3. The number of aliphatic hydroxyl groups is 1. The van der Waals surface area contributed by atoms with Gasteiger partial charge in [0.15, 0.2) is 6.10 Å². The molecule has 27 heavy (non-hydrogen) atoms. The molecule has 1 aliphatic carbocycles. The molecule has 8 nitrogen and oxygen atoms in total. The summed E-state index contributed by atoms with van der Waals surface area (Å²) in [6, 6.07) is -0.974. The summed E-state index contributed by atoms with van der Waals surface area (Å²) in [6.45, 7) is 1.39. The second-order valence-electron chi connectivity index (χ2n) is 8.06. The van der Waals surface area contributed by atoms with Crippen molar-refractivity contribution in [3.8, 4) is 0 Å². The molecule has 0 spiro atoms. The molecule has 3 amide bonds. The molecule has 4 atom stereocenters. The van der Waals surface area contributed by atoms with Gasteiger partial charge in [-0.2, -0.15) is 0 Å². The van der Waals surface area contributed by atoms with Gasteiger partial charge in [0.05, 0.1) is 12.1 Å². The van der Waals surface area contributed by atoms with Crippen LogP contribution >= 0.6 is 0 Å². The zero-order chi connectivity index (χ0) is 19.2. The third-order valence-corrected chi connectivity index (χ3v) is 6.01. The molecular weight excluding hydrogens is 348 g/mol. The number of nitrogens with one attached hydrogen (secondary N) is 4. The molecule has 0 radical (unpaired) electrons. The van der Waals surface area contributed by atoms with Crippen molar-refractivity contribution in [3.05, 3.63) is 0 Å². The van der Waals surface area contributed by atoms with Crippen molar-refractivity contribution in [2.45, 2.75) is 82.0 Å². The van der Waals surface area contributed by atoms with Crippen LogP contribution < -0.4 is 21.3 Å². The van der Waals surface area contributed by atoms with E-state index in [0.717, 1.165) is 51.5 Å². The molecule has 0 aromatic carbocycles. The molecule has 1 saturated carbocycles. The molecule has 2 saturated heterocycles. The maximum Gasteiger partial charge on any atom is 0.251 e. The molecule has 3 rings (SSSR count). The normalized spacial score (nSPS) is 28.4. The van der Waals surface area contributed by atoms with Crippen molar-refractivity contribution in [1.29, 1.82) is 0 Å². The Balaban J connectivity index is 1.62. The first-order chi connectivity index (χ1) is 13.0. The summed E-state index contributed by atoms with van der Waals surface area (Å²) in [5, 5.41) is 22.3. The predicted molar refractivity (Wildman–Crippen MR) is 99.7 cm³/mol. The highest BCUT2D eigenvalue weighted by molar-refractivity contribution is 5.86. The molecule has 3 aliphatic rings. The average molecular weight is 380 g/mol. The van der Waals surface area contributed by atoms with Crippen LogP contribution in [0.1, 0.15) is 57.8 Å². The lowest BCUT2D eigenvalue weighted by Gasteiger charge is -2.29. The maximum atomic E-state index is 12.6. The van der Waals surface area contributed by atoms with Crippen molar-refractivity contribution >= 4 is 17.7 Å². The molecule has 0 aromatic rings.